The standard InChI is InChI=1S/C16H19N3O4/c1-21-10-11-9-13-14(12(3-4-17-13)16(20)22-2)18-15(11)19-5-7-23-8-6-19/h3-4,9H,5-8,10H2,1-2H3. The lowest BCUT2D eigenvalue weighted by molar-refractivity contribution is 0.0602. The average Bonchev–Trinajstić information content (AvgIpc) is 2.61. The van der Waals surface area contributed by atoms with Crippen molar-refractivity contribution in [3.8, 4) is 0 Å². The van der Waals surface area contributed by atoms with Crippen molar-refractivity contribution in [3.05, 3.63) is 29.5 Å². The number of esters is 1. The van der Waals surface area contributed by atoms with Crippen LogP contribution >= 0.6 is 0 Å². The summed E-state index contributed by atoms with van der Waals surface area (Å²) < 4.78 is 15.5. The Balaban J connectivity index is 2.15. The normalized spacial score (nSPS) is 15.0. The van der Waals surface area contributed by atoms with E-state index in [1.165, 1.54) is 7.11 Å². The number of hydrogen-bond acceptors (Lipinski definition) is 7. The molecule has 1 aliphatic rings. The van der Waals surface area contributed by atoms with E-state index in [1.807, 2.05) is 6.07 Å². The van der Waals surface area contributed by atoms with Gasteiger partial charge in [0, 0.05) is 32.0 Å². The molecule has 1 fully saturated rings. The summed E-state index contributed by atoms with van der Waals surface area (Å²) in [5.74, 6) is 0.387. The molecule has 0 unspecified atom stereocenters. The fourth-order valence-corrected chi connectivity index (χ4v) is 2.69. The topological polar surface area (TPSA) is 73.8 Å². The first kappa shape index (κ1) is 15.6. The molecule has 1 aliphatic heterocycles. The third kappa shape index (κ3) is 3.11. The van der Waals surface area contributed by atoms with Crippen LogP contribution in [0.3, 0.4) is 0 Å². The Hall–Kier alpha value is -2.25. The largest absolute Gasteiger partial charge is 0.465 e. The van der Waals surface area contributed by atoms with E-state index in [9.17, 15) is 4.79 Å². The minimum Gasteiger partial charge on any atom is -0.465 e. The monoisotopic (exact) mass is 317 g/mol. The molecule has 0 atom stereocenters. The van der Waals surface area contributed by atoms with Crippen LogP contribution in [0.15, 0.2) is 18.3 Å². The first-order chi connectivity index (χ1) is 11.2. The van der Waals surface area contributed by atoms with Gasteiger partial charge in [-0.05, 0) is 12.1 Å². The maximum Gasteiger partial charge on any atom is 0.340 e. The summed E-state index contributed by atoms with van der Waals surface area (Å²) in [5, 5.41) is 0. The van der Waals surface area contributed by atoms with Crippen molar-refractivity contribution in [2.45, 2.75) is 6.61 Å². The number of pyridine rings is 2. The number of carbonyl (C=O) groups is 1. The highest BCUT2D eigenvalue weighted by Gasteiger charge is 2.20. The van der Waals surface area contributed by atoms with Crippen molar-refractivity contribution in [2.75, 3.05) is 45.4 Å². The summed E-state index contributed by atoms with van der Waals surface area (Å²) in [5.41, 5.74) is 2.55. The van der Waals surface area contributed by atoms with E-state index in [1.54, 1.807) is 19.4 Å². The highest BCUT2D eigenvalue weighted by atomic mass is 16.5. The molecule has 122 valence electrons. The van der Waals surface area contributed by atoms with Crippen molar-refractivity contribution in [1.29, 1.82) is 0 Å². The Morgan fingerprint density at radius 3 is 2.83 bits per heavy atom. The van der Waals surface area contributed by atoms with Crippen LogP contribution in [0.25, 0.3) is 11.0 Å². The Labute approximate surface area is 134 Å². The summed E-state index contributed by atoms with van der Waals surface area (Å²) >= 11 is 0. The summed E-state index contributed by atoms with van der Waals surface area (Å²) in [4.78, 5) is 23.2. The molecule has 0 saturated carbocycles. The van der Waals surface area contributed by atoms with Crippen LogP contribution in [0, 0.1) is 0 Å². The van der Waals surface area contributed by atoms with E-state index in [2.05, 4.69) is 9.88 Å². The van der Waals surface area contributed by atoms with Crippen LogP contribution in [0.5, 0.6) is 0 Å². The number of morpholine rings is 1. The SMILES string of the molecule is COCc1cc2nccc(C(=O)OC)c2nc1N1CCOCC1. The van der Waals surface area contributed by atoms with E-state index in [4.69, 9.17) is 19.2 Å². The number of anilines is 1. The molecule has 0 aromatic carbocycles. The van der Waals surface area contributed by atoms with Gasteiger partial charge in [-0.2, -0.15) is 0 Å². The zero-order valence-corrected chi connectivity index (χ0v) is 13.2. The second-order valence-corrected chi connectivity index (χ2v) is 5.22. The number of nitrogens with zero attached hydrogens (tertiary/aromatic N) is 3. The summed E-state index contributed by atoms with van der Waals surface area (Å²) in [6, 6.07) is 3.54. The van der Waals surface area contributed by atoms with Crippen molar-refractivity contribution in [3.63, 3.8) is 0 Å². The van der Waals surface area contributed by atoms with E-state index in [0.29, 0.717) is 36.4 Å². The van der Waals surface area contributed by atoms with E-state index < -0.39 is 5.97 Å². The third-order valence-corrected chi connectivity index (χ3v) is 3.78. The first-order valence-corrected chi connectivity index (χ1v) is 7.43. The molecule has 2 aromatic rings. The Morgan fingerprint density at radius 1 is 1.35 bits per heavy atom. The van der Waals surface area contributed by atoms with E-state index >= 15 is 0 Å². The van der Waals surface area contributed by atoms with Gasteiger partial charge >= 0.3 is 5.97 Å². The number of aromatic nitrogens is 2. The molecule has 0 spiro atoms. The van der Waals surface area contributed by atoms with E-state index in [0.717, 1.165) is 24.5 Å². The quantitative estimate of drug-likeness (QED) is 0.789. The van der Waals surface area contributed by atoms with Crippen molar-refractivity contribution in [2.24, 2.45) is 0 Å². The number of ether oxygens (including phenoxy) is 3. The predicted octanol–water partition coefficient (Wildman–Crippen LogP) is 1.40. The third-order valence-electron chi connectivity index (χ3n) is 3.78. The zero-order chi connectivity index (χ0) is 16.2. The lowest BCUT2D eigenvalue weighted by Gasteiger charge is -2.29. The molecule has 0 N–H and O–H groups in total. The molecule has 0 amide bonds. The maximum atomic E-state index is 12.0. The maximum absolute atomic E-state index is 12.0. The van der Waals surface area contributed by atoms with Crippen LogP contribution in [-0.4, -0.2) is 56.5 Å². The predicted molar refractivity (Wildman–Crippen MR) is 84.6 cm³/mol. The van der Waals surface area contributed by atoms with E-state index in [-0.39, 0.29) is 0 Å². The van der Waals surface area contributed by atoms with Gasteiger partial charge in [-0.3, -0.25) is 4.98 Å². The summed E-state index contributed by atoms with van der Waals surface area (Å²) in [7, 11) is 3.00. The van der Waals surface area contributed by atoms with Gasteiger partial charge in [0.1, 0.15) is 11.3 Å². The molecule has 2 aromatic heterocycles. The molecule has 3 rings (SSSR count). The average molecular weight is 317 g/mol. The fourth-order valence-electron chi connectivity index (χ4n) is 2.69. The van der Waals surface area contributed by atoms with Gasteiger partial charge in [0.05, 0.1) is 38.0 Å². The molecule has 1 saturated heterocycles. The van der Waals surface area contributed by atoms with Crippen molar-refractivity contribution >= 4 is 22.8 Å². The van der Waals surface area contributed by atoms with Gasteiger partial charge in [-0.15, -0.1) is 0 Å². The molecule has 3 heterocycles. The minimum absolute atomic E-state index is 0.413. The van der Waals surface area contributed by atoms with Gasteiger partial charge in [-0.25, -0.2) is 9.78 Å². The molecule has 7 heteroatoms. The van der Waals surface area contributed by atoms with Gasteiger partial charge < -0.3 is 19.1 Å². The van der Waals surface area contributed by atoms with Crippen LogP contribution < -0.4 is 4.90 Å². The van der Waals surface area contributed by atoms with Crippen LogP contribution in [0.4, 0.5) is 5.82 Å². The lowest BCUT2D eigenvalue weighted by atomic mass is 10.1. The Bertz CT molecular complexity index is 714. The highest BCUT2D eigenvalue weighted by Crippen LogP contribution is 2.26. The lowest BCUT2D eigenvalue weighted by Crippen LogP contribution is -2.37. The smallest absolute Gasteiger partial charge is 0.340 e. The molecule has 0 bridgehead atoms. The van der Waals surface area contributed by atoms with Crippen molar-refractivity contribution < 1.29 is 19.0 Å². The molecule has 0 aliphatic carbocycles. The first-order valence-electron chi connectivity index (χ1n) is 7.43. The van der Waals surface area contributed by atoms with Crippen LogP contribution in [0.1, 0.15) is 15.9 Å². The number of methoxy groups -OCH3 is 2. The number of hydrogen-bond donors (Lipinski definition) is 0. The van der Waals surface area contributed by atoms with Crippen LogP contribution in [0.2, 0.25) is 0 Å². The van der Waals surface area contributed by atoms with Crippen molar-refractivity contribution in [1.82, 2.24) is 9.97 Å². The van der Waals surface area contributed by atoms with Gasteiger partial charge in [-0.1, -0.05) is 0 Å². The molecular formula is C16H19N3O4. The zero-order valence-electron chi connectivity index (χ0n) is 13.2. The number of fused-ring (bicyclic) bond motifs is 1. The molecular weight excluding hydrogens is 298 g/mol. The summed E-state index contributed by atoms with van der Waals surface area (Å²) in [6.45, 7) is 3.25. The Kier molecular flexibility index (Phi) is 4.68. The second-order valence-electron chi connectivity index (χ2n) is 5.22. The van der Waals surface area contributed by atoms with Gasteiger partial charge in [0.15, 0.2) is 0 Å². The Morgan fingerprint density at radius 2 is 2.13 bits per heavy atom. The molecule has 23 heavy (non-hydrogen) atoms. The second kappa shape index (κ2) is 6.89. The minimum atomic E-state index is -0.419. The molecule has 7 nitrogen and oxygen atoms in total. The number of rotatable bonds is 4. The fraction of sp³-hybridized carbons (Fsp3) is 0.438. The number of carbonyl (C=O) groups excluding carboxylic acids is 1. The molecule has 0 radical (unpaired) electrons. The van der Waals surface area contributed by atoms with Gasteiger partial charge in [0.2, 0.25) is 0 Å². The highest BCUT2D eigenvalue weighted by molar-refractivity contribution is 6.02. The van der Waals surface area contributed by atoms with Gasteiger partial charge in [0.25, 0.3) is 0 Å². The summed E-state index contributed by atoms with van der Waals surface area (Å²) in [6.07, 6.45) is 1.58. The van der Waals surface area contributed by atoms with Crippen LogP contribution in [-0.2, 0) is 20.8 Å².